The van der Waals surface area contributed by atoms with Crippen molar-refractivity contribution in [3.8, 4) is 0 Å². The number of hydrogen-bond acceptors (Lipinski definition) is 5. The molecule has 0 rings (SSSR count). The Bertz CT molecular complexity index is 211. The molecule has 8 heteroatoms. The highest BCUT2D eigenvalue weighted by molar-refractivity contribution is 7.51. The van der Waals surface area contributed by atoms with Crippen LogP contribution in [0.5, 0.6) is 0 Å². The van der Waals surface area contributed by atoms with Crippen LogP contribution >= 0.6 is 7.60 Å². The van der Waals surface area contributed by atoms with Crippen molar-refractivity contribution in [2.45, 2.75) is 24.9 Å². The van der Waals surface area contributed by atoms with Crippen molar-refractivity contribution >= 4 is 7.60 Å². The zero-order valence-electron chi connectivity index (χ0n) is 6.95. The van der Waals surface area contributed by atoms with Gasteiger partial charge in [-0.05, 0) is 13.3 Å². The van der Waals surface area contributed by atoms with E-state index >= 15 is 0 Å². The van der Waals surface area contributed by atoms with Gasteiger partial charge in [-0.15, -0.1) is 0 Å². The average molecular weight is 216 g/mol. The fraction of sp³-hybridized carbons (Fsp3) is 1.00. The van der Waals surface area contributed by atoms with Gasteiger partial charge in [-0.2, -0.15) is 0 Å². The zero-order chi connectivity index (χ0) is 10.9. The second-order valence-corrected chi connectivity index (χ2v) is 4.82. The van der Waals surface area contributed by atoms with Crippen LogP contribution in [-0.2, 0) is 4.57 Å². The zero-order valence-corrected chi connectivity index (χ0v) is 7.85. The van der Waals surface area contributed by atoms with Gasteiger partial charge in [0, 0.05) is 0 Å². The van der Waals surface area contributed by atoms with Gasteiger partial charge in [-0.25, -0.2) is 0 Å². The van der Waals surface area contributed by atoms with Crippen LogP contribution in [0.2, 0.25) is 0 Å². The Morgan fingerprint density at radius 1 is 1.15 bits per heavy atom. The third-order valence-corrected chi connectivity index (χ3v) is 2.42. The third-order valence-electron chi connectivity index (χ3n) is 1.61. The molecule has 0 aromatic heterocycles. The summed E-state index contributed by atoms with van der Waals surface area (Å²) < 4.78 is 10.3. The number of aliphatic hydroxyl groups is 4. The van der Waals surface area contributed by atoms with Crippen LogP contribution < -0.4 is 0 Å². The molecule has 13 heavy (non-hydrogen) atoms. The molecule has 0 saturated heterocycles. The number of hydrogen-bond donors (Lipinski definition) is 6. The van der Waals surface area contributed by atoms with Crippen molar-refractivity contribution in [3.63, 3.8) is 0 Å². The fourth-order valence-corrected chi connectivity index (χ4v) is 1.26. The van der Waals surface area contributed by atoms with E-state index in [9.17, 15) is 4.57 Å². The molecule has 80 valence electrons. The first-order chi connectivity index (χ1) is 5.46. The summed E-state index contributed by atoms with van der Waals surface area (Å²) in [6, 6.07) is 0. The Labute approximate surface area is 74.4 Å². The van der Waals surface area contributed by atoms with E-state index in [0.717, 1.165) is 6.92 Å². The Morgan fingerprint density at radius 3 is 1.77 bits per heavy atom. The molecule has 7 nitrogen and oxygen atoms in total. The van der Waals surface area contributed by atoms with Crippen LogP contribution in [0.4, 0.5) is 0 Å². The maximum Gasteiger partial charge on any atom is 0.325 e. The molecule has 0 aliphatic carbocycles. The summed E-state index contributed by atoms with van der Waals surface area (Å²) >= 11 is 0. The molecular formula is C5H13O7P. The Morgan fingerprint density at radius 2 is 1.54 bits per heavy atom. The third kappa shape index (κ3) is 4.68. The molecule has 0 bridgehead atoms. The highest BCUT2D eigenvalue weighted by Crippen LogP contribution is 2.38. The Hall–Kier alpha value is -0.0100. The van der Waals surface area contributed by atoms with Gasteiger partial charge in [0.05, 0.1) is 6.16 Å². The van der Waals surface area contributed by atoms with Crippen molar-refractivity contribution < 1.29 is 34.8 Å². The minimum atomic E-state index is -4.33. The van der Waals surface area contributed by atoms with Crippen LogP contribution in [0.3, 0.4) is 0 Å². The summed E-state index contributed by atoms with van der Waals surface area (Å²) in [6.45, 7) is 0.850. The average Bonchev–Trinajstić information content (AvgIpc) is 1.79. The smallest absolute Gasteiger partial charge is 0.325 e. The van der Waals surface area contributed by atoms with E-state index in [-0.39, 0.29) is 0 Å². The van der Waals surface area contributed by atoms with Crippen LogP contribution in [0.25, 0.3) is 0 Å². The Kier molecular flexibility index (Phi) is 3.62. The van der Waals surface area contributed by atoms with Crippen molar-refractivity contribution in [1.29, 1.82) is 0 Å². The van der Waals surface area contributed by atoms with E-state index in [1.165, 1.54) is 0 Å². The van der Waals surface area contributed by atoms with Gasteiger partial charge in [0.2, 0.25) is 0 Å². The van der Waals surface area contributed by atoms with Crippen molar-refractivity contribution in [1.82, 2.24) is 0 Å². The van der Waals surface area contributed by atoms with E-state index in [1.54, 1.807) is 0 Å². The van der Waals surface area contributed by atoms with Crippen LogP contribution in [-0.4, -0.2) is 47.9 Å². The molecule has 0 aliphatic rings. The maximum absolute atomic E-state index is 10.3. The molecule has 1 unspecified atom stereocenters. The first-order valence-electron chi connectivity index (χ1n) is 3.40. The van der Waals surface area contributed by atoms with Gasteiger partial charge < -0.3 is 30.2 Å². The lowest BCUT2D eigenvalue weighted by Crippen LogP contribution is -2.52. The molecule has 0 saturated carbocycles. The molecule has 0 aromatic rings. The van der Waals surface area contributed by atoms with Crippen molar-refractivity contribution in [2.24, 2.45) is 0 Å². The standard InChI is InChI=1S/C5H13O7P/c1-4(6,5(7,8)9)2-3-13(10,11)12/h6-9H,2-3H2,1H3,(H2,10,11,12). The monoisotopic (exact) mass is 216 g/mol. The minimum absolute atomic E-state index is 0.638. The summed E-state index contributed by atoms with van der Waals surface area (Å²) in [7, 11) is -4.33. The number of rotatable bonds is 4. The molecule has 6 N–H and O–H groups in total. The molecule has 0 fully saturated rings. The summed E-state index contributed by atoms with van der Waals surface area (Å²) in [4.78, 5) is 16.8. The highest BCUT2D eigenvalue weighted by atomic mass is 31.2. The summed E-state index contributed by atoms with van der Waals surface area (Å²) in [5.74, 6) is -3.37. The van der Waals surface area contributed by atoms with Crippen LogP contribution in [0, 0.1) is 0 Å². The van der Waals surface area contributed by atoms with Gasteiger partial charge in [0.15, 0.2) is 0 Å². The van der Waals surface area contributed by atoms with Crippen molar-refractivity contribution in [3.05, 3.63) is 0 Å². The Balaban J connectivity index is 4.29. The predicted molar refractivity (Wildman–Crippen MR) is 41.5 cm³/mol. The SMILES string of the molecule is CC(O)(CCP(=O)(O)O)C(O)(O)O. The summed E-state index contributed by atoms with van der Waals surface area (Å²) in [6.07, 6.45) is -1.38. The topological polar surface area (TPSA) is 138 Å². The van der Waals surface area contributed by atoms with Gasteiger partial charge in [0.1, 0.15) is 5.60 Å². The van der Waals surface area contributed by atoms with Crippen LogP contribution in [0.15, 0.2) is 0 Å². The normalized spacial score (nSPS) is 18.4. The molecule has 1 atom stereocenters. The first-order valence-corrected chi connectivity index (χ1v) is 5.19. The lowest BCUT2D eigenvalue weighted by molar-refractivity contribution is -0.386. The van der Waals surface area contributed by atoms with Gasteiger partial charge in [-0.1, -0.05) is 0 Å². The second kappa shape index (κ2) is 3.62. The predicted octanol–water partition coefficient (Wildman–Crippen LogP) is -2.06. The lowest BCUT2D eigenvalue weighted by Gasteiger charge is -2.31. The van der Waals surface area contributed by atoms with Gasteiger partial charge >= 0.3 is 13.6 Å². The largest absolute Gasteiger partial charge is 0.382 e. The van der Waals surface area contributed by atoms with Crippen molar-refractivity contribution in [2.75, 3.05) is 6.16 Å². The minimum Gasteiger partial charge on any atom is -0.382 e. The molecule has 0 aliphatic heterocycles. The lowest BCUT2D eigenvalue weighted by atomic mass is 10.0. The maximum atomic E-state index is 10.3. The molecular weight excluding hydrogens is 203 g/mol. The molecule has 0 amide bonds. The molecule has 0 spiro atoms. The van der Waals surface area contributed by atoms with E-state index in [0.29, 0.717) is 0 Å². The highest BCUT2D eigenvalue weighted by Gasteiger charge is 2.43. The van der Waals surface area contributed by atoms with Gasteiger partial charge in [0.25, 0.3) is 0 Å². The molecule has 0 heterocycles. The van der Waals surface area contributed by atoms with E-state index in [2.05, 4.69) is 0 Å². The first kappa shape index (κ1) is 13.0. The summed E-state index contributed by atoms with van der Waals surface area (Å²) in [5, 5.41) is 34.8. The molecule has 0 aromatic carbocycles. The summed E-state index contributed by atoms with van der Waals surface area (Å²) in [5.41, 5.74) is -2.38. The van der Waals surface area contributed by atoms with Gasteiger partial charge in [-0.3, -0.25) is 4.57 Å². The van der Waals surface area contributed by atoms with E-state index < -0.39 is 31.8 Å². The second-order valence-electron chi connectivity index (χ2n) is 3.05. The quantitative estimate of drug-likeness (QED) is 0.234. The van der Waals surface area contributed by atoms with Crippen LogP contribution in [0.1, 0.15) is 13.3 Å². The van der Waals surface area contributed by atoms with E-state index in [1.807, 2.05) is 0 Å². The van der Waals surface area contributed by atoms with E-state index in [4.69, 9.17) is 30.2 Å². The molecule has 0 radical (unpaired) electrons. The fourth-order valence-electron chi connectivity index (χ4n) is 0.531.